The molecule has 0 saturated carbocycles. The van der Waals surface area contributed by atoms with Crippen LogP contribution in [-0.2, 0) is 30.3 Å². The van der Waals surface area contributed by atoms with Crippen molar-refractivity contribution in [3.05, 3.63) is 54.1 Å². The highest BCUT2D eigenvalue weighted by Gasteiger charge is 2.13. The Bertz CT molecular complexity index is 755. The van der Waals surface area contributed by atoms with Crippen LogP contribution < -0.4 is 14.2 Å². The van der Waals surface area contributed by atoms with Gasteiger partial charge in [-0.05, 0) is 17.7 Å². The Hall–Kier alpha value is -2.36. The first-order chi connectivity index (χ1) is 16.4. The van der Waals surface area contributed by atoms with E-state index in [0.29, 0.717) is 103 Å². The molecule has 0 aromatic heterocycles. The third-order valence-corrected chi connectivity index (χ3v) is 4.63. The Morgan fingerprint density at radius 1 is 0.515 bits per heavy atom. The van der Waals surface area contributed by atoms with E-state index in [9.17, 15) is 0 Å². The van der Waals surface area contributed by atoms with Gasteiger partial charge < -0.3 is 37.9 Å². The van der Waals surface area contributed by atoms with Crippen molar-refractivity contribution in [2.75, 3.05) is 79.3 Å². The second kappa shape index (κ2) is 16.3. The smallest absolute Gasteiger partial charge is 0.203 e. The average molecular weight is 463 g/mol. The molecule has 0 spiro atoms. The van der Waals surface area contributed by atoms with Crippen LogP contribution in [0.25, 0.3) is 0 Å². The third-order valence-electron chi connectivity index (χ3n) is 4.63. The first-order valence-electron chi connectivity index (χ1n) is 11.4. The van der Waals surface area contributed by atoms with Gasteiger partial charge in [0, 0.05) is 0 Å². The molecule has 8 nitrogen and oxygen atoms in total. The summed E-state index contributed by atoms with van der Waals surface area (Å²) in [5, 5.41) is 0. The lowest BCUT2D eigenvalue weighted by atomic mass is 10.2. The Kier molecular flexibility index (Phi) is 12.5. The summed E-state index contributed by atoms with van der Waals surface area (Å²) in [5.74, 6) is 1.78. The summed E-state index contributed by atoms with van der Waals surface area (Å²) in [6.45, 7) is 6.14. The molecule has 0 aliphatic carbocycles. The van der Waals surface area contributed by atoms with E-state index in [1.54, 1.807) is 0 Å². The Balaban J connectivity index is 1.57. The molecule has 2 aromatic rings. The van der Waals surface area contributed by atoms with Crippen molar-refractivity contribution >= 4 is 0 Å². The predicted octanol–water partition coefficient (Wildman–Crippen LogP) is 3.12. The standard InChI is InChI=1S/C25H34O8/c1-2-5-22(6-3-1)21-33-24-8-4-7-23-25(24)32-20-18-30-16-14-28-12-10-26-9-11-27-13-15-29-17-19-31-23/h1-8H,9-21H2. The second-order valence-corrected chi connectivity index (χ2v) is 7.12. The Labute approximate surface area is 195 Å². The zero-order valence-corrected chi connectivity index (χ0v) is 19.1. The minimum Gasteiger partial charge on any atom is -0.487 e. The molecular formula is C25H34O8. The minimum atomic E-state index is 0.360. The largest absolute Gasteiger partial charge is 0.487 e. The van der Waals surface area contributed by atoms with Gasteiger partial charge in [0.05, 0.1) is 66.1 Å². The summed E-state index contributed by atoms with van der Waals surface area (Å²) in [6, 6.07) is 15.6. The maximum atomic E-state index is 6.04. The van der Waals surface area contributed by atoms with Crippen LogP contribution in [0.15, 0.2) is 48.5 Å². The van der Waals surface area contributed by atoms with Crippen molar-refractivity contribution < 1.29 is 37.9 Å². The van der Waals surface area contributed by atoms with E-state index in [0.717, 1.165) is 5.56 Å². The lowest BCUT2D eigenvalue weighted by Crippen LogP contribution is -2.14. The highest BCUT2D eigenvalue weighted by molar-refractivity contribution is 5.51. The fourth-order valence-corrected chi connectivity index (χ4v) is 3.00. The SMILES string of the molecule is c1ccc(COc2cccc3c2OCCOCCOCCOCCOCCOCCO3)cc1. The van der Waals surface area contributed by atoms with Crippen LogP contribution in [-0.4, -0.2) is 79.3 Å². The molecule has 0 amide bonds. The van der Waals surface area contributed by atoms with Crippen molar-refractivity contribution in [3.63, 3.8) is 0 Å². The van der Waals surface area contributed by atoms with Crippen LogP contribution in [0.3, 0.4) is 0 Å². The number of para-hydroxylation sites is 1. The molecule has 1 heterocycles. The van der Waals surface area contributed by atoms with Crippen molar-refractivity contribution in [2.24, 2.45) is 0 Å². The number of rotatable bonds is 3. The fourth-order valence-electron chi connectivity index (χ4n) is 3.00. The molecule has 0 saturated heterocycles. The van der Waals surface area contributed by atoms with Crippen LogP contribution in [0.4, 0.5) is 0 Å². The van der Waals surface area contributed by atoms with Gasteiger partial charge in [0.25, 0.3) is 0 Å². The van der Waals surface area contributed by atoms with Gasteiger partial charge in [-0.25, -0.2) is 0 Å². The van der Waals surface area contributed by atoms with E-state index in [2.05, 4.69) is 0 Å². The summed E-state index contributed by atoms with van der Waals surface area (Å²) >= 11 is 0. The van der Waals surface area contributed by atoms with Gasteiger partial charge in [0.1, 0.15) is 19.8 Å². The highest BCUT2D eigenvalue weighted by Crippen LogP contribution is 2.37. The van der Waals surface area contributed by atoms with Crippen LogP contribution in [0.2, 0.25) is 0 Å². The molecule has 1 aliphatic heterocycles. The van der Waals surface area contributed by atoms with E-state index in [4.69, 9.17) is 37.9 Å². The number of benzene rings is 2. The monoisotopic (exact) mass is 462 g/mol. The van der Waals surface area contributed by atoms with Gasteiger partial charge in [-0.3, -0.25) is 0 Å². The molecule has 0 atom stereocenters. The van der Waals surface area contributed by atoms with Crippen molar-refractivity contribution in [1.82, 2.24) is 0 Å². The van der Waals surface area contributed by atoms with E-state index < -0.39 is 0 Å². The molecule has 1 aliphatic rings. The Morgan fingerprint density at radius 2 is 1.03 bits per heavy atom. The van der Waals surface area contributed by atoms with Gasteiger partial charge >= 0.3 is 0 Å². The molecule has 182 valence electrons. The zero-order chi connectivity index (χ0) is 22.8. The molecule has 0 fully saturated rings. The topological polar surface area (TPSA) is 73.8 Å². The van der Waals surface area contributed by atoms with Gasteiger partial charge in [0.15, 0.2) is 11.5 Å². The summed E-state index contributed by atoms with van der Waals surface area (Å²) < 4.78 is 45.6. The number of hydrogen-bond acceptors (Lipinski definition) is 8. The number of fused-ring (bicyclic) bond motifs is 1. The molecule has 3 rings (SSSR count). The number of hydrogen-bond donors (Lipinski definition) is 0. The van der Waals surface area contributed by atoms with E-state index in [-0.39, 0.29) is 0 Å². The van der Waals surface area contributed by atoms with Crippen LogP contribution in [0, 0.1) is 0 Å². The molecular weight excluding hydrogens is 428 g/mol. The first-order valence-corrected chi connectivity index (χ1v) is 11.4. The third kappa shape index (κ3) is 10.4. The molecule has 33 heavy (non-hydrogen) atoms. The van der Waals surface area contributed by atoms with Gasteiger partial charge in [-0.2, -0.15) is 0 Å². The first kappa shape index (κ1) is 25.3. The molecule has 0 N–H and O–H groups in total. The minimum absolute atomic E-state index is 0.360. The van der Waals surface area contributed by atoms with Gasteiger partial charge in [-0.1, -0.05) is 36.4 Å². The molecule has 8 heteroatoms. The average Bonchev–Trinajstić information content (AvgIpc) is 2.85. The maximum absolute atomic E-state index is 6.04. The molecule has 0 bridgehead atoms. The predicted molar refractivity (Wildman–Crippen MR) is 122 cm³/mol. The summed E-state index contributed by atoms with van der Waals surface area (Å²) in [6.07, 6.45) is 0. The summed E-state index contributed by atoms with van der Waals surface area (Å²) in [4.78, 5) is 0. The summed E-state index contributed by atoms with van der Waals surface area (Å²) in [7, 11) is 0. The van der Waals surface area contributed by atoms with Gasteiger partial charge in [0.2, 0.25) is 5.75 Å². The van der Waals surface area contributed by atoms with Crippen LogP contribution in [0.1, 0.15) is 5.56 Å². The maximum Gasteiger partial charge on any atom is 0.203 e. The van der Waals surface area contributed by atoms with E-state index >= 15 is 0 Å². The van der Waals surface area contributed by atoms with Crippen molar-refractivity contribution in [2.45, 2.75) is 6.61 Å². The number of ether oxygens (including phenoxy) is 8. The van der Waals surface area contributed by atoms with Crippen LogP contribution >= 0.6 is 0 Å². The Morgan fingerprint density at radius 3 is 1.61 bits per heavy atom. The normalized spacial score (nSPS) is 18.1. The highest BCUT2D eigenvalue weighted by atomic mass is 16.6. The van der Waals surface area contributed by atoms with E-state index in [1.807, 2.05) is 48.5 Å². The van der Waals surface area contributed by atoms with Crippen molar-refractivity contribution in [3.8, 4) is 17.2 Å². The lowest BCUT2D eigenvalue weighted by Gasteiger charge is -2.17. The van der Waals surface area contributed by atoms with E-state index in [1.165, 1.54) is 0 Å². The van der Waals surface area contributed by atoms with Crippen LogP contribution in [0.5, 0.6) is 17.2 Å². The zero-order valence-electron chi connectivity index (χ0n) is 19.1. The lowest BCUT2D eigenvalue weighted by molar-refractivity contribution is -0.0134. The second-order valence-electron chi connectivity index (χ2n) is 7.12. The van der Waals surface area contributed by atoms with Crippen molar-refractivity contribution in [1.29, 1.82) is 0 Å². The molecule has 2 aromatic carbocycles. The molecule has 0 unspecified atom stereocenters. The summed E-state index contributed by atoms with van der Waals surface area (Å²) in [5.41, 5.74) is 1.07. The quantitative estimate of drug-likeness (QED) is 0.689. The fraction of sp³-hybridized carbons (Fsp3) is 0.520. The van der Waals surface area contributed by atoms with Gasteiger partial charge in [-0.15, -0.1) is 0 Å². The molecule has 0 radical (unpaired) electrons.